The first-order valence-corrected chi connectivity index (χ1v) is 10.5. The van der Waals surface area contributed by atoms with Crippen LogP contribution in [0.25, 0.3) is 0 Å². The third-order valence-electron chi connectivity index (χ3n) is 5.66. The van der Waals surface area contributed by atoms with E-state index in [-0.39, 0.29) is 11.8 Å². The summed E-state index contributed by atoms with van der Waals surface area (Å²) in [7, 11) is 0. The number of nitrogens with one attached hydrogen (secondary N) is 1. The average molecular weight is 385 g/mol. The topological polar surface area (TPSA) is 32.3 Å². The second-order valence-corrected chi connectivity index (χ2v) is 7.74. The van der Waals surface area contributed by atoms with E-state index in [1.165, 1.54) is 31.5 Å². The van der Waals surface area contributed by atoms with Crippen LogP contribution in [-0.2, 0) is 11.2 Å². The normalized spacial score (nSPS) is 14.2. The molecule has 1 aliphatic heterocycles. The molecule has 0 aliphatic carbocycles. The lowest BCUT2D eigenvalue weighted by atomic mass is 9.90. The number of carbonyl (C=O) groups excluding carboxylic acids is 1. The maximum atomic E-state index is 13.2. The van der Waals surface area contributed by atoms with Gasteiger partial charge in [0.2, 0.25) is 5.91 Å². The molecule has 0 spiro atoms. The van der Waals surface area contributed by atoms with E-state index in [1.807, 2.05) is 72.8 Å². The first kappa shape index (κ1) is 19.4. The summed E-state index contributed by atoms with van der Waals surface area (Å²) in [6.45, 7) is 3.58. The van der Waals surface area contributed by atoms with Crippen LogP contribution in [-0.4, -0.2) is 30.4 Å². The Balaban J connectivity index is 1.44. The third-order valence-corrected chi connectivity index (χ3v) is 5.66. The summed E-state index contributed by atoms with van der Waals surface area (Å²) in [5, 5.41) is 3.11. The molecule has 0 radical (unpaired) electrons. The molecule has 148 valence electrons. The minimum Gasteiger partial charge on any atom is -0.325 e. The van der Waals surface area contributed by atoms with Crippen molar-refractivity contribution in [3.63, 3.8) is 0 Å². The Morgan fingerprint density at radius 2 is 1.34 bits per heavy atom. The van der Waals surface area contributed by atoms with Gasteiger partial charge in [-0.3, -0.25) is 4.79 Å². The van der Waals surface area contributed by atoms with Crippen molar-refractivity contribution in [3.05, 3.63) is 102 Å². The monoisotopic (exact) mass is 384 g/mol. The first-order chi connectivity index (χ1) is 14.3. The zero-order valence-electron chi connectivity index (χ0n) is 16.8. The zero-order chi connectivity index (χ0) is 19.9. The molecule has 0 aromatic heterocycles. The lowest BCUT2D eigenvalue weighted by molar-refractivity contribution is -0.116. The Bertz CT molecular complexity index is 861. The molecule has 0 unspecified atom stereocenters. The molecule has 29 heavy (non-hydrogen) atoms. The first-order valence-electron chi connectivity index (χ1n) is 10.5. The Hall–Kier alpha value is -2.91. The molecule has 0 saturated carbocycles. The van der Waals surface area contributed by atoms with Crippen LogP contribution in [0.4, 0.5) is 5.69 Å². The molecule has 1 heterocycles. The van der Waals surface area contributed by atoms with E-state index in [4.69, 9.17) is 0 Å². The maximum Gasteiger partial charge on any atom is 0.236 e. The van der Waals surface area contributed by atoms with Gasteiger partial charge in [0.05, 0.1) is 5.92 Å². The fraction of sp³-hybridized carbons (Fsp3) is 0.269. The molecule has 3 aromatic rings. The fourth-order valence-electron chi connectivity index (χ4n) is 4.05. The Labute approximate surface area is 173 Å². The lowest BCUT2D eigenvalue weighted by Crippen LogP contribution is -2.22. The highest BCUT2D eigenvalue weighted by Crippen LogP contribution is 2.26. The van der Waals surface area contributed by atoms with Gasteiger partial charge in [-0.15, -0.1) is 0 Å². The van der Waals surface area contributed by atoms with Gasteiger partial charge in [0.1, 0.15) is 0 Å². The zero-order valence-corrected chi connectivity index (χ0v) is 16.8. The molecule has 3 heteroatoms. The molecule has 1 N–H and O–H groups in total. The van der Waals surface area contributed by atoms with Crippen molar-refractivity contribution in [2.45, 2.75) is 25.2 Å². The number of carbonyl (C=O) groups is 1. The van der Waals surface area contributed by atoms with E-state index >= 15 is 0 Å². The highest BCUT2D eigenvalue weighted by Gasteiger charge is 2.22. The molecule has 3 nitrogen and oxygen atoms in total. The van der Waals surface area contributed by atoms with E-state index in [0.717, 1.165) is 29.8 Å². The van der Waals surface area contributed by atoms with Gasteiger partial charge in [0, 0.05) is 12.2 Å². The summed E-state index contributed by atoms with van der Waals surface area (Å²) < 4.78 is 0. The number of hydrogen-bond acceptors (Lipinski definition) is 2. The van der Waals surface area contributed by atoms with Gasteiger partial charge in [-0.25, -0.2) is 0 Å². The number of nitrogens with zero attached hydrogens (tertiary/aromatic N) is 1. The number of rotatable bonds is 7. The van der Waals surface area contributed by atoms with Gasteiger partial charge in [0.15, 0.2) is 0 Å². The van der Waals surface area contributed by atoms with Gasteiger partial charge in [-0.05, 0) is 61.2 Å². The number of likely N-dealkylation sites (tertiary alicyclic amines) is 1. The third kappa shape index (κ3) is 5.12. The van der Waals surface area contributed by atoms with E-state index in [9.17, 15) is 4.79 Å². The maximum absolute atomic E-state index is 13.2. The predicted molar refractivity (Wildman–Crippen MR) is 119 cm³/mol. The molecule has 4 rings (SSSR count). The lowest BCUT2D eigenvalue weighted by Gasteiger charge is -2.18. The smallest absolute Gasteiger partial charge is 0.236 e. The van der Waals surface area contributed by atoms with E-state index in [1.54, 1.807) is 0 Å². The molecule has 1 amide bonds. The molecule has 3 aromatic carbocycles. The van der Waals surface area contributed by atoms with Gasteiger partial charge in [-0.1, -0.05) is 72.8 Å². The van der Waals surface area contributed by atoms with Crippen LogP contribution in [0.2, 0.25) is 0 Å². The Kier molecular flexibility index (Phi) is 6.38. The van der Waals surface area contributed by atoms with Crippen LogP contribution in [0.1, 0.15) is 35.4 Å². The minimum absolute atomic E-state index is 0.00721. The van der Waals surface area contributed by atoms with Crippen LogP contribution >= 0.6 is 0 Å². The van der Waals surface area contributed by atoms with Crippen molar-refractivity contribution in [1.29, 1.82) is 0 Å². The van der Waals surface area contributed by atoms with Crippen LogP contribution in [0.15, 0.2) is 84.9 Å². The summed E-state index contributed by atoms with van der Waals surface area (Å²) in [4.78, 5) is 15.7. The predicted octanol–water partition coefficient (Wildman–Crippen LogP) is 5.10. The number of benzene rings is 3. The number of amides is 1. The van der Waals surface area contributed by atoms with E-state index in [0.29, 0.717) is 0 Å². The summed E-state index contributed by atoms with van der Waals surface area (Å²) in [5.74, 6) is -0.334. The van der Waals surface area contributed by atoms with Gasteiger partial charge >= 0.3 is 0 Å². The van der Waals surface area contributed by atoms with Crippen molar-refractivity contribution in [2.24, 2.45) is 0 Å². The van der Waals surface area contributed by atoms with Gasteiger partial charge in [-0.2, -0.15) is 0 Å². The minimum atomic E-state index is -0.327. The van der Waals surface area contributed by atoms with Crippen LogP contribution in [0.5, 0.6) is 0 Å². The van der Waals surface area contributed by atoms with Gasteiger partial charge in [0.25, 0.3) is 0 Å². The van der Waals surface area contributed by atoms with Crippen LogP contribution < -0.4 is 5.32 Å². The second-order valence-electron chi connectivity index (χ2n) is 7.74. The quantitative estimate of drug-likeness (QED) is 0.615. The average Bonchev–Trinajstić information content (AvgIpc) is 3.29. The molecular formula is C26H28N2O. The van der Waals surface area contributed by atoms with Crippen LogP contribution in [0, 0.1) is 0 Å². The standard InChI is InChI=1S/C26H28N2O/c29-26(25(22-9-3-1-4-10-22)23-11-5-2-6-12-23)27-24-15-13-21(14-16-24)17-20-28-18-7-8-19-28/h1-6,9-16,25H,7-8,17-20H2,(H,27,29). The van der Waals surface area contributed by atoms with E-state index in [2.05, 4.69) is 22.3 Å². The Morgan fingerprint density at radius 3 is 1.90 bits per heavy atom. The highest BCUT2D eigenvalue weighted by molar-refractivity contribution is 5.98. The fourth-order valence-corrected chi connectivity index (χ4v) is 4.05. The summed E-state index contributed by atoms with van der Waals surface area (Å²) in [6, 6.07) is 28.2. The molecule has 0 bridgehead atoms. The van der Waals surface area contributed by atoms with Crippen molar-refractivity contribution in [1.82, 2.24) is 4.90 Å². The van der Waals surface area contributed by atoms with Crippen LogP contribution in [0.3, 0.4) is 0 Å². The van der Waals surface area contributed by atoms with Crippen molar-refractivity contribution >= 4 is 11.6 Å². The van der Waals surface area contributed by atoms with Gasteiger partial charge < -0.3 is 10.2 Å². The second kappa shape index (κ2) is 9.53. The molecule has 1 aliphatic rings. The summed E-state index contributed by atoms with van der Waals surface area (Å²) in [6.07, 6.45) is 3.72. The largest absolute Gasteiger partial charge is 0.325 e. The van der Waals surface area contributed by atoms with Crippen molar-refractivity contribution in [2.75, 3.05) is 25.0 Å². The molecule has 1 fully saturated rings. The molecule has 0 atom stereocenters. The molecule has 1 saturated heterocycles. The Morgan fingerprint density at radius 1 is 0.793 bits per heavy atom. The highest BCUT2D eigenvalue weighted by atomic mass is 16.1. The summed E-state index contributed by atoms with van der Waals surface area (Å²) in [5.41, 5.74) is 4.16. The van der Waals surface area contributed by atoms with Crippen molar-refractivity contribution in [3.8, 4) is 0 Å². The van der Waals surface area contributed by atoms with E-state index < -0.39 is 0 Å². The SMILES string of the molecule is O=C(Nc1ccc(CCN2CCCC2)cc1)C(c1ccccc1)c1ccccc1. The van der Waals surface area contributed by atoms with Crippen molar-refractivity contribution < 1.29 is 4.79 Å². The number of anilines is 1. The summed E-state index contributed by atoms with van der Waals surface area (Å²) >= 11 is 0. The number of hydrogen-bond donors (Lipinski definition) is 1. The molecular weight excluding hydrogens is 356 g/mol.